The molecule has 78 valence electrons. The van der Waals surface area contributed by atoms with Gasteiger partial charge in [0.25, 0.3) is 0 Å². The summed E-state index contributed by atoms with van der Waals surface area (Å²) in [4.78, 5) is 4.15. The fraction of sp³-hybridized carbons (Fsp3) is 0.583. The minimum Gasteiger partial charge on any atom is -0.383 e. The van der Waals surface area contributed by atoms with Gasteiger partial charge in [0.1, 0.15) is 5.82 Å². The molecule has 0 fully saturated rings. The van der Waals surface area contributed by atoms with Gasteiger partial charge in [0.2, 0.25) is 0 Å². The van der Waals surface area contributed by atoms with Crippen molar-refractivity contribution in [2.45, 2.75) is 40.0 Å². The Labute approximate surface area is 86.5 Å². The molecule has 0 atom stereocenters. The summed E-state index contributed by atoms with van der Waals surface area (Å²) in [6, 6.07) is 2.14. The van der Waals surface area contributed by atoms with E-state index in [1.807, 2.05) is 6.20 Å². The molecule has 2 N–H and O–H groups in total. The normalized spacial score (nSPS) is 10.9. The lowest BCUT2D eigenvalue weighted by molar-refractivity contribution is 0.556. The van der Waals surface area contributed by atoms with Crippen LogP contribution >= 0.6 is 0 Å². The van der Waals surface area contributed by atoms with Gasteiger partial charge in [-0.05, 0) is 36.8 Å². The lowest BCUT2D eigenvalue weighted by Crippen LogP contribution is -1.99. The highest BCUT2D eigenvalue weighted by Gasteiger charge is 2.01. The van der Waals surface area contributed by atoms with E-state index in [1.165, 1.54) is 24.0 Å². The predicted molar refractivity (Wildman–Crippen MR) is 61.2 cm³/mol. The van der Waals surface area contributed by atoms with Gasteiger partial charge in [0, 0.05) is 6.20 Å². The second-order valence-corrected chi connectivity index (χ2v) is 4.34. The summed E-state index contributed by atoms with van der Waals surface area (Å²) in [5, 5.41) is 0. The molecule has 1 rings (SSSR count). The zero-order chi connectivity index (χ0) is 10.6. The zero-order valence-corrected chi connectivity index (χ0v) is 9.38. The molecule has 0 saturated carbocycles. The molecule has 0 spiro atoms. The van der Waals surface area contributed by atoms with Gasteiger partial charge >= 0.3 is 0 Å². The number of anilines is 1. The van der Waals surface area contributed by atoms with E-state index in [2.05, 4.69) is 31.8 Å². The van der Waals surface area contributed by atoms with Crippen molar-refractivity contribution in [1.82, 2.24) is 4.98 Å². The van der Waals surface area contributed by atoms with Crippen LogP contribution in [0.15, 0.2) is 12.3 Å². The molecule has 0 aliphatic carbocycles. The smallest absolute Gasteiger partial charge is 0.126 e. The van der Waals surface area contributed by atoms with E-state index in [1.54, 1.807) is 0 Å². The zero-order valence-electron chi connectivity index (χ0n) is 9.38. The molecule has 0 aliphatic heterocycles. The van der Waals surface area contributed by atoms with Crippen LogP contribution in [0, 0.1) is 12.8 Å². The number of rotatable bonds is 4. The van der Waals surface area contributed by atoms with Crippen molar-refractivity contribution in [3.05, 3.63) is 23.4 Å². The summed E-state index contributed by atoms with van der Waals surface area (Å²) in [5.74, 6) is 1.47. The third kappa shape index (κ3) is 3.36. The molecule has 0 radical (unpaired) electrons. The standard InChI is InChI=1S/C12H20N2/c1-9(2)5-4-6-11-7-10(3)8-14-12(11)13/h7-9H,4-6H2,1-3H3,(H2,13,14). The van der Waals surface area contributed by atoms with E-state index < -0.39 is 0 Å². The summed E-state index contributed by atoms with van der Waals surface area (Å²) < 4.78 is 0. The van der Waals surface area contributed by atoms with Gasteiger partial charge in [-0.2, -0.15) is 0 Å². The minimum absolute atomic E-state index is 0.694. The molecule has 1 heterocycles. The monoisotopic (exact) mass is 192 g/mol. The van der Waals surface area contributed by atoms with Crippen molar-refractivity contribution in [3.8, 4) is 0 Å². The van der Waals surface area contributed by atoms with Crippen LogP contribution in [0.3, 0.4) is 0 Å². The number of hydrogen-bond donors (Lipinski definition) is 1. The molecule has 14 heavy (non-hydrogen) atoms. The van der Waals surface area contributed by atoms with Crippen LogP contribution in [-0.2, 0) is 6.42 Å². The molecular weight excluding hydrogens is 172 g/mol. The Hall–Kier alpha value is -1.05. The summed E-state index contributed by atoms with van der Waals surface area (Å²) in [6.45, 7) is 6.55. The first-order valence-electron chi connectivity index (χ1n) is 5.30. The van der Waals surface area contributed by atoms with E-state index in [4.69, 9.17) is 5.73 Å². The average Bonchev–Trinajstić information content (AvgIpc) is 2.10. The third-order valence-corrected chi connectivity index (χ3v) is 2.37. The Kier molecular flexibility index (Phi) is 3.93. The van der Waals surface area contributed by atoms with Crippen molar-refractivity contribution in [2.24, 2.45) is 5.92 Å². The number of aromatic nitrogens is 1. The maximum absolute atomic E-state index is 5.80. The van der Waals surface area contributed by atoms with Gasteiger partial charge in [-0.1, -0.05) is 26.3 Å². The molecule has 0 bridgehead atoms. The first kappa shape index (κ1) is 11.0. The molecule has 2 heteroatoms. The van der Waals surface area contributed by atoms with Crippen LogP contribution < -0.4 is 5.73 Å². The second-order valence-electron chi connectivity index (χ2n) is 4.34. The van der Waals surface area contributed by atoms with Gasteiger partial charge in [0.05, 0.1) is 0 Å². The molecule has 0 unspecified atom stereocenters. The fourth-order valence-electron chi connectivity index (χ4n) is 1.54. The van der Waals surface area contributed by atoms with Crippen molar-refractivity contribution in [2.75, 3.05) is 5.73 Å². The van der Waals surface area contributed by atoms with Crippen LogP contribution in [0.5, 0.6) is 0 Å². The van der Waals surface area contributed by atoms with E-state index >= 15 is 0 Å². The van der Waals surface area contributed by atoms with E-state index in [-0.39, 0.29) is 0 Å². The maximum atomic E-state index is 5.80. The van der Waals surface area contributed by atoms with Gasteiger partial charge in [0.15, 0.2) is 0 Å². The molecule has 0 aromatic carbocycles. The number of hydrogen-bond acceptors (Lipinski definition) is 2. The Bertz CT molecular complexity index is 292. The summed E-state index contributed by atoms with van der Waals surface area (Å²) >= 11 is 0. The number of aryl methyl sites for hydroxylation is 2. The van der Waals surface area contributed by atoms with Crippen LogP contribution in [0.25, 0.3) is 0 Å². The average molecular weight is 192 g/mol. The summed E-state index contributed by atoms with van der Waals surface area (Å²) in [5.41, 5.74) is 8.19. The number of nitrogens with two attached hydrogens (primary N) is 1. The molecular formula is C12H20N2. The maximum Gasteiger partial charge on any atom is 0.126 e. The van der Waals surface area contributed by atoms with Gasteiger partial charge < -0.3 is 5.73 Å². The Morgan fingerprint density at radius 3 is 2.79 bits per heavy atom. The van der Waals surface area contributed by atoms with E-state index in [9.17, 15) is 0 Å². The first-order valence-corrected chi connectivity index (χ1v) is 5.30. The highest BCUT2D eigenvalue weighted by atomic mass is 14.8. The summed E-state index contributed by atoms with van der Waals surface area (Å²) in [7, 11) is 0. The molecule has 0 saturated heterocycles. The Balaban J connectivity index is 2.53. The van der Waals surface area contributed by atoms with Gasteiger partial charge in [-0.3, -0.25) is 0 Å². The molecule has 2 nitrogen and oxygen atoms in total. The summed E-state index contributed by atoms with van der Waals surface area (Å²) in [6.07, 6.45) is 5.33. The SMILES string of the molecule is Cc1cnc(N)c(CCCC(C)C)c1. The van der Waals surface area contributed by atoms with Crippen molar-refractivity contribution >= 4 is 5.82 Å². The van der Waals surface area contributed by atoms with Crippen molar-refractivity contribution < 1.29 is 0 Å². The lowest BCUT2D eigenvalue weighted by atomic mass is 10.0. The molecule has 0 amide bonds. The lowest BCUT2D eigenvalue weighted by Gasteiger charge is -2.07. The van der Waals surface area contributed by atoms with E-state index in [0.717, 1.165) is 12.3 Å². The highest BCUT2D eigenvalue weighted by molar-refractivity contribution is 5.40. The van der Waals surface area contributed by atoms with Crippen LogP contribution in [0.1, 0.15) is 37.8 Å². The van der Waals surface area contributed by atoms with Crippen LogP contribution in [0.2, 0.25) is 0 Å². The van der Waals surface area contributed by atoms with Crippen molar-refractivity contribution in [1.29, 1.82) is 0 Å². The number of nitrogens with zero attached hydrogens (tertiary/aromatic N) is 1. The van der Waals surface area contributed by atoms with E-state index in [0.29, 0.717) is 5.82 Å². The van der Waals surface area contributed by atoms with Crippen LogP contribution in [-0.4, -0.2) is 4.98 Å². The van der Waals surface area contributed by atoms with Gasteiger partial charge in [-0.15, -0.1) is 0 Å². The number of pyridine rings is 1. The second kappa shape index (κ2) is 4.99. The quantitative estimate of drug-likeness (QED) is 0.796. The Morgan fingerprint density at radius 1 is 1.43 bits per heavy atom. The number of nitrogen functional groups attached to an aromatic ring is 1. The highest BCUT2D eigenvalue weighted by Crippen LogP contribution is 2.15. The first-order chi connectivity index (χ1) is 6.59. The topological polar surface area (TPSA) is 38.9 Å². The fourth-order valence-corrected chi connectivity index (χ4v) is 1.54. The van der Waals surface area contributed by atoms with Gasteiger partial charge in [-0.25, -0.2) is 4.98 Å². The minimum atomic E-state index is 0.694. The Morgan fingerprint density at radius 2 is 2.14 bits per heavy atom. The third-order valence-electron chi connectivity index (χ3n) is 2.37. The molecule has 1 aromatic rings. The van der Waals surface area contributed by atoms with Crippen molar-refractivity contribution in [3.63, 3.8) is 0 Å². The van der Waals surface area contributed by atoms with Crippen LogP contribution in [0.4, 0.5) is 5.82 Å². The molecule has 1 aromatic heterocycles. The predicted octanol–water partition coefficient (Wildman–Crippen LogP) is 2.95. The largest absolute Gasteiger partial charge is 0.383 e. The molecule has 0 aliphatic rings.